The van der Waals surface area contributed by atoms with Gasteiger partial charge >= 0.3 is 0 Å². The lowest BCUT2D eigenvalue weighted by Gasteiger charge is -2.16. The maximum Gasteiger partial charge on any atom is 0.127 e. The van der Waals surface area contributed by atoms with E-state index in [9.17, 15) is 0 Å². The van der Waals surface area contributed by atoms with Crippen LogP contribution in [0, 0.1) is 0 Å². The lowest BCUT2D eigenvalue weighted by atomic mass is 9.92. The minimum Gasteiger partial charge on any atom is -0.383 e. The van der Waals surface area contributed by atoms with Gasteiger partial charge in [-0.1, -0.05) is 24.3 Å². The van der Waals surface area contributed by atoms with Crippen LogP contribution in [0.25, 0.3) is 10.9 Å². The van der Waals surface area contributed by atoms with Crippen LogP contribution in [0.3, 0.4) is 0 Å². The second kappa shape index (κ2) is 6.68. The maximum absolute atomic E-state index is 6.36. The summed E-state index contributed by atoms with van der Waals surface area (Å²) >= 11 is 0. The highest BCUT2D eigenvalue weighted by Gasteiger charge is 2.25. The second-order valence-corrected chi connectivity index (χ2v) is 7.47. The van der Waals surface area contributed by atoms with Crippen LogP contribution in [0.5, 0.6) is 0 Å². The summed E-state index contributed by atoms with van der Waals surface area (Å²) in [4.78, 5) is 9.06. The largest absolute Gasteiger partial charge is 0.383 e. The van der Waals surface area contributed by atoms with Crippen molar-refractivity contribution in [2.24, 2.45) is 7.05 Å². The third-order valence-electron chi connectivity index (χ3n) is 5.76. The van der Waals surface area contributed by atoms with Gasteiger partial charge < -0.3 is 15.6 Å². The number of fused-ring (bicyclic) bond motifs is 2. The second-order valence-electron chi connectivity index (χ2n) is 7.47. The number of aromatic nitrogens is 3. The zero-order valence-electron chi connectivity index (χ0n) is 15.9. The van der Waals surface area contributed by atoms with Gasteiger partial charge in [0.25, 0.3) is 0 Å². The molecule has 1 aliphatic rings. The van der Waals surface area contributed by atoms with Crippen molar-refractivity contribution in [3.05, 3.63) is 83.4 Å². The Morgan fingerprint density at radius 3 is 2.89 bits per heavy atom. The summed E-state index contributed by atoms with van der Waals surface area (Å²) in [6.07, 6.45) is 5.96. The molecule has 5 nitrogen and oxygen atoms in total. The molecule has 0 aliphatic heterocycles. The van der Waals surface area contributed by atoms with Gasteiger partial charge in [-0.15, -0.1) is 0 Å². The summed E-state index contributed by atoms with van der Waals surface area (Å²) in [6, 6.07) is 17.1. The number of nitrogens with zero attached hydrogens (tertiary/aromatic N) is 3. The molecule has 2 heterocycles. The van der Waals surface area contributed by atoms with E-state index in [2.05, 4.69) is 46.7 Å². The summed E-state index contributed by atoms with van der Waals surface area (Å²) in [5.41, 5.74) is 12.3. The average Bonchev–Trinajstić information content (AvgIpc) is 3.32. The third-order valence-corrected chi connectivity index (χ3v) is 5.76. The molecular weight excluding hydrogens is 346 g/mol. The highest BCUT2D eigenvalue weighted by atomic mass is 15.1. The van der Waals surface area contributed by atoms with Crippen molar-refractivity contribution in [3.63, 3.8) is 0 Å². The molecule has 4 aromatic rings. The standard InChI is InChI=1S/C23H23N5/c1-28-11-10-25-22(28)14-26-17-7-9-21-16(12-17)13-20(23(24)27-21)19-8-6-15-4-2-3-5-18(15)19/h2-5,7,9-13,19,26H,6,8,14H2,1H3,(H2,24,27)/t19-/m1/s1. The quantitative estimate of drug-likeness (QED) is 0.564. The number of pyridine rings is 1. The lowest BCUT2D eigenvalue weighted by molar-refractivity contribution is 0.788. The van der Waals surface area contributed by atoms with Gasteiger partial charge in [-0.25, -0.2) is 9.97 Å². The molecule has 1 atom stereocenters. The number of nitrogens with two attached hydrogens (primary N) is 1. The van der Waals surface area contributed by atoms with Crippen molar-refractivity contribution in [1.82, 2.24) is 14.5 Å². The molecule has 0 fully saturated rings. The van der Waals surface area contributed by atoms with Crippen LogP contribution in [0.4, 0.5) is 11.5 Å². The minimum absolute atomic E-state index is 0.331. The molecule has 28 heavy (non-hydrogen) atoms. The Labute approximate surface area is 164 Å². The third kappa shape index (κ3) is 2.89. The molecule has 0 spiro atoms. The molecule has 5 rings (SSSR count). The number of nitrogen functional groups attached to an aromatic ring is 1. The summed E-state index contributed by atoms with van der Waals surface area (Å²) in [5, 5.41) is 4.57. The van der Waals surface area contributed by atoms with E-state index < -0.39 is 0 Å². The molecule has 2 aromatic carbocycles. The SMILES string of the molecule is Cn1ccnc1CNc1ccc2nc(N)c([C@@H]3CCc4ccccc43)cc2c1. The number of imidazole rings is 1. The Hall–Kier alpha value is -3.34. The fraction of sp³-hybridized carbons (Fsp3) is 0.217. The van der Waals surface area contributed by atoms with Gasteiger partial charge in [0.15, 0.2) is 0 Å². The fourth-order valence-corrected chi connectivity index (χ4v) is 4.22. The van der Waals surface area contributed by atoms with Crippen LogP contribution in [0.1, 0.15) is 34.9 Å². The number of benzene rings is 2. The first-order valence-corrected chi connectivity index (χ1v) is 9.67. The van der Waals surface area contributed by atoms with Crippen molar-refractivity contribution in [1.29, 1.82) is 0 Å². The normalized spacial score (nSPS) is 15.7. The summed E-state index contributed by atoms with van der Waals surface area (Å²) < 4.78 is 2.02. The smallest absolute Gasteiger partial charge is 0.127 e. The Morgan fingerprint density at radius 2 is 2.04 bits per heavy atom. The first-order valence-electron chi connectivity index (χ1n) is 9.67. The number of rotatable bonds is 4. The highest BCUT2D eigenvalue weighted by molar-refractivity contribution is 5.85. The molecular formula is C23H23N5. The van der Waals surface area contributed by atoms with Gasteiger partial charge in [-0.2, -0.15) is 0 Å². The Morgan fingerprint density at radius 1 is 1.14 bits per heavy atom. The molecule has 140 valence electrons. The fourth-order valence-electron chi connectivity index (χ4n) is 4.22. The topological polar surface area (TPSA) is 68.8 Å². The van der Waals surface area contributed by atoms with Gasteiger partial charge in [0.1, 0.15) is 11.6 Å². The first kappa shape index (κ1) is 16.8. The van der Waals surface area contributed by atoms with E-state index in [0.717, 1.165) is 40.8 Å². The van der Waals surface area contributed by atoms with Crippen molar-refractivity contribution in [3.8, 4) is 0 Å². The molecule has 2 aromatic heterocycles. The first-order chi connectivity index (χ1) is 13.7. The molecule has 3 N–H and O–H groups in total. The Bertz CT molecular complexity index is 1160. The monoisotopic (exact) mass is 369 g/mol. The number of hydrogen-bond donors (Lipinski definition) is 2. The minimum atomic E-state index is 0.331. The molecule has 0 amide bonds. The predicted molar refractivity (Wildman–Crippen MR) is 113 cm³/mol. The number of anilines is 2. The molecule has 5 heteroatoms. The average molecular weight is 369 g/mol. The molecule has 0 bridgehead atoms. The summed E-state index contributed by atoms with van der Waals surface area (Å²) in [5.74, 6) is 1.97. The van der Waals surface area contributed by atoms with E-state index in [1.807, 2.05) is 36.1 Å². The highest BCUT2D eigenvalue weighted by Crippen LogP contribution is 2.40. The van der Waals surface area contributed by atoms with Crippen LogP contribution < -0.4 is 11.1 Å². The van der Waals surface area contributed by atoms with Crippen molar-refractivity contribution >= 4 is 22.4 Å². The van der Waals surface area contributed by atoms with Crippen molar-refractivity contribution in [2.75, 3.05) is 11.1 Å². The van der Waals surface area contributed by atoms with Gasteiger partial charge in [-0.3, -0.25) is 0 Å². The van der Waals surface area contributed by atoms with E-state index in [0.29, 0.717) is 18.3 Å². The van der Waals surface area contributed by atoms with E-state index in [1.165, 1.54) is 11.1 Å². The van der Waals surface area contributed by atoms with Crippen LogP contribution in [0.2, 0.25) is 0 Å². The van der Waals surface area contributed by atoms with Crippen LogP contribution in [-0.2, 0) is 20.0 Å². The van der Waals surface area contributed by atoms with E-state index in [1.54, 1.807) is 0 Å². The molecule has 0 saturated heterocycles. The molecule has 0 unspecified atom stereocenters. The lowest BCUT2D eigenvalue weighted by Crippen LogP contribution is -2.06. The predicted octanol–water partition coefficient (Wildman–Crippen LogP) is 4.24. The molecule has 0 radical (unpaired) electrons. The maximum atomic E-state index is 6.36. The number of hydrogen-bond acceptors (Lipinski definition) is 4. The number of nitrogens with one attached hydrogen (secondary N) is 1. The van der Waals surface area contributed by atoms with Crippen LogP contribution in [0.15, 0.2) is 60.9 Å². The molecule has 1 aliphatic carbocycles. The van der Waals surface area contributed by atoms with Gasteiger partial charge in [0.05, 0.1) is 12.1 Å². The van der Waals surface area contributed by atoms with Gasteiger partial charge in [-0.05, 0) is 48.2 Å². The molecule has 0 saturated carbocycles. The van der Waals surface area contributed by atoms with Crippen LogP contribution >= 0.6 is 0 Å². The van der Waals surface area contributed by atoms with Gasteiger partial charge in [0.2, 0.25) is 0 Å². The van der Waals surface area contributed by atoms with E-state index in [4.69, 9.17) is 10.7 Å². The van der Waals surface area contributed by atoms with Crippen molar-refractivity contribution in [2.45, 2.75) is 25.3 Å². The summed E-state index contributed by atoms with van der Waals surface area (Å²) in [6.45, 7) is 0.681. The van der Waals surface area contributed by atoms with E-state index >= 15 is 0 Å². The van der Waals surface area contributed by atoms with Crippen LogP contribution in [-0.4, -0.2) is 14.5 Å². The van der Waals surface area contributed by atoms with Crippen molar-refractivity contribution < 1.29 is 0 Å². The summed E-state index contributed by atoms with van der Waals surface area (Å²) in [7, 11) is 2.00. The Balaban J connectivity index is 1.48. The number of aryl methyl sites for hydroxylation is 2. The zero-order chi connectivity index (χ0) is 19.1. The zero-order valence-corrected chi connectivity index (χ0v) is 15.9. The Kier molecular flexibility index (Phi) is 4.01. The van der Waals surface area contributed by atoms with E-state index in [-0.39, 0.29) is 0 Å². The van der Waals surface area contributed by atoms with Gasteiger partial charge in [0, 0.05) is 42.0 Å².